The second-order valence-corrected chi connectivity index (χ2v) is 6.92. The highest BCUT2D eigenvalue weighted by Crippen LogP contribution is 2.51. The van der Waals surface area contributed by atoms with Crippen LogP contribution >= 0.6 is 0 Å². The molecule has 0 radical (unpaired) electrons. The number of carboxylic acids is 1. The first-order valence-corrected chi connectivity index (χ1v) is 8.57. The van der Waals surface area contributed by atoms with Crippen LogP contribution in [0.2, 0.25) is 0 Å². The van der Waals surface area contributed by atoms with E-state index < -0.39 is 29.5 Å². The highest BCUT2D eigenvalue weighted by Gasteiger charge is 2.65. The number of fused-ring (bicyclic) bond motifs is 1. The van der Waals surface area contributed by atoms with Crippen molar-refractivity contribution in [3.05, 3.63) is 35.9 Å². The van der Waals surface area contributed by atoms with Gasteiger partial charge in [0.2, 0.25) is 5.91 Å². The van der Waals surface area contributed by atoms with E-state index in [0.717, 1.165) is 5.56 Å². The molecule has 3 heterocycles. The van der Waals surface area contributed by atoms with Gasteiger partial charge in [-0.1, -0.05) is 18.2 Å². The van der Waals surface area contributed by atoms with Gasteiger partial charge in [0, 0.05) is 18.4 Å². The molecular formula is C19H20NO6-. The normalized spacial score (nSPS) is 31.4. The molecule has 7 heteroatoms. The number of methoxy groups -OCH3 is 2. The van der Waals surface area contributed by atoms with Crippen molar-refractivity contribution in [3.8, 4) is 11.5 Å². The van der Waals surface area contributed by atoms with Crippen molar-refractivity contribution in [2.24, 2.45) is 11.8 Å². The molecule has 2 bridgehead atoms. The average Bonchev–Trinajstić information content (AvgIpc) is 3.27. The van der Waals surface area contributed by atoms with E-state index in [-0.39, 0.29) is 5.91 Å². The summed E-state index contributed by atoms with van der Waals surface area (Å²) >= 11 is 0. The van der Waals surface area contributed by atoms with Gasteiger partial charge in [0.05, 0.1) is 32.8 Å². The highest BCUT2D eigenvalue weighted by atomic mass is 16.5. The Hall–Kier alpha value is -2.54. The fourth-order valence-corrected chi connectivity index (χ4v) is 4.34. The van der Waals surface area contributed by atoms with E-state index in [1.165, 1.54) is 0 Å². The quantitative estimate of drug-likeness (QED) is 0.653. The Balaban J connectivity index is 1.48. The van der Waals surface area contributed by atoms with Gasteiger partial charge in [-0.15, -0.1) is 0 Å². The van der Waals surface area contributed by atoms with Gasteiger partial charge < -0.3 is 29.0 Å². The summed E-state index contributed by atoms with van der Waals surface area (Å²) in [6.07, 6.45) is 3.65. The summed E-state index contributed by atoms with van der Waals surface area (Å²) in [5.41, 5.74) is 0.187. The lowest BCUT2D eigenvalue weighted by molar-refractivity contribution is -0.313. The molecule has 0 aliphatic carbocycles. The third kappa shape index (κ3) is 2.38. The summed E-state index contributed by atoms with van der Waals surface area (Å²) < 4.78 is 16.4. The van der Waals surface area contributed by atoms with Crippen LogP contribution < -0.4 is 14.6 Å². The van der Waals surface area contributed by atoms with Crippen LogP contribution in [0.1, 0.15) is 5.56 Å². The molecule has 0 N–H and O–H groups in total. The minimum Gasteiger partial charge on any atom is -0.550 e. The number of carbonyl (C=O) groups is 2. The number of aliphatic carboxylic acids is 1. The van der Waals surface area contributed by atoms with Crippen molar-refractivity contribution in [1.29, 1.82) is 0 Å². The first-order chi connectivity index (χ1) is 12.5. The number of hydrogen-bond acceptors (Lipinski definition) is 6. The maximum Gasteiger partial charge on any atom is 0.229 e. The first kappa shape index (κ1) is 16.9. The zero-order valence-electron chi connectivity index (χ0n) is 14.6. The summed E-state index contributed by atoms with van der Waals surface area (Å²) in [5.74, 6) is -1.70. The number of carboxylic acid groups (broad SMARTS) is 1. The molecule has 2 saturated heterocycles. The monoisotopic (exact) mass is 358 g/mol. The van der Waals surface area contributed by atoms with E-state index in [0.29, 0.717) is 31.0 Å². The molecule has 1 aromatic rings. The van der Waals surface area contributed by atoms with Crippen LogP contribution in [0.3, 0.4) is 0 Å². The van der Waals surface area contributed by atoms with E-state index in [9.17, 15) is 14.7 Å². The van der Waals surface area contributed by atoms with E-state index in [4.69, 9.17) is 14.2 Å². The molecule has 0 aromatic heterocycles. The summed E-state index contributed by atoms with van der Waals surface area (Å²) in [5, 5.41) is 11.5. The molecule has 3 aliphatic heterocycles. The maximum absolute atomic E-state index is 12.8. The molecule has 138 valence electrons. The van der Waals surface area contributed by atoms with Gasteiger partial charge in [0.1, 0.15) is 5.60 Å². The fraction of sp³-hybridized carbons (Fsp3) is 0.474. The number of nitrogens with zero attached hydrogens (tertiary/aromatic N) is 1. The summed E-state index contributed by atoms with van der Waals surface area (Å²) in [7, 11) is 3.15. The van der Waals surface area contributed by atoms with Crippen molar-refractivity contribution in [1.82, 2.24) is 4.90 Å². The molecule has 0 saturated carbocycles. The van der Waals surface area contributed by atoms with Crippen LogP contribution in [0.25, 0.3) is 0 Å². The third-order valence-electron chi connectivity index (χ3n) is 5.57. The third-order valence-corrected chi connectivity index (χ3v) is 5.57. The molecule has 2 fully saturated rings. The van der Waals surface area contributed by atoms with Gasteiger partial charge in [-0.05, 0) is 24.1 Å². The molecule has 4 rings (SSSR count). The lowest BCUT2D eigenvalue weighted by Crippen LogP contribution is -2.45. The Kier molecular flexibility index (Phi) is 3.91. The van der Waals surface area contributed by atoms with Crippen LogP contribution in [-0.4, -0.2) is 55.8 Å². The Morgan fingerprint density at radius 1 is 1.35 bits per heavy atom. The minimum absolute atomic E-state index is 0.175. The average molecular weight is 358 g/mol. The molecule has 3 aliphatic rings. The minimum atomic E-state index is -1.22. The van der Waals surface area contributed by atoms with Gasteiger partial charge in [-0.3, -0.25) is 4.79 Å². The number of likely N-dealkylation sites (tertiary alicyclic amines) is 1. The van der Waals surface area contributed by atoms with Gasteiger partial charge in [-0.2, -0.15) is 0 Å². The summed E-state index contributed by atoms with van der Waals surface area (Å²) in [6, 6.07) is 5.63. The van der Waals surface area contributed by atoms with Crippen molar-refractivity contribution >= 4 is 11.9 Å². The largest absolute Gasteiger partial charge is 0.550 e. The highest BCUT2D eigenvalue weighted by molar-refractivity contribution is 5.90. The van der Waals surface area contributed by atoms with Crippen LogP contribution in [-0.2, 0) is 20.7 Å². The Bertz CT molecular complexity index is 790. The molecule has 1 amide bonds. The van der Waals surface area contributed by atoms with Crippen LogP contribution in [0.5, 0.6) is 11.5 Å². The molecule has 1 aromatic carbocycles. The van der Waals surface area contributed by atoms with Crippen LogP contribution in [0, 0.1) is 11.8 Å². The maximum atomic E-state index is 12.8. The van der Waals surface area contributed by atoms with E-state index >= 15 is 0 Å². The Morgan fingerprint density at radius 3 is 2.81 bits per heavy atom. The number of rotatable bonds is 6. The number of hydrogen-bond donors (Lipinski definition) is 0. The topological polar surface area (TPSA) is 88.1 Å². The lowest BCUT2D eigenvalue weighted by Gasteiger charge is -2.24. The number of carbonyl (C=O) groups excluding carboxylic acids is 2. The van der Waals surface area contributed by atoms with Crippen molar-refractivity contribution in [3.63, 3.8) is 0 Å². The number of amides is 1. The summed E-state index contributed by atoms with van der Waals surface area (Å²) in [4.78, 5) is 26.0. The predicted molar refractivity (Wildman–Crippen MR) is 88.6 cm³/mol. The zero-order chi connectivity index (χ0) is 18.5. The van der Waals surface area contributed by atoms with E-state index in [1.807, 2.05) is 24.3 Å². The van der Waals surface area contributed by atoms with Crippen molar-refractivity contribution in [2.75, 3.05) is 27.3 Å². The SMILES string of the molecule is COc1ccc(CCN2C[C@@]34C=C[C@H](O3)[C@@H](C(=O)[O-])[C@@H]4C2=O)cc1OC. The Labute approximate surface area is 151 Å². The number of benzene rings is 1. The van der Waals surface area contributed by atoms with Gasteiger partial charge >= 0.3 is 0 Å². The zero-order valence-corrected chi connectivity index (χ0v) is 14.6. The second-order valence-electron chi connectivity index (χ2n) is 6.92. The van der Waals surface area contributed by atoms with E-state index in [1.54, 1.807) is 25.2 Å². The standard InChI is InChI=1S/C19H21NO6/c1-24-12-4-3-11(9-14(12)25-2)6-8-20-10-19-7-5-13(26-19)15(18(22)23)16(19)17(20)21/h3-5,7,9,13,15-16H,6,8,10H2,1-2H3,(H,22,23)/p-1/t13-,15+,16+,19+/m0/s1. The van der Waals surface area contributed by atoms with Crippen molar-refractivity contribution < 1.29 is 28.9 Å². The van der Waals surface area contributed by atoms with Crippen LogP contribution in [0.4, 0.5) is 0 Å². The molecule has 1 spiro atoms. The van der Waals surface area contributed by atoms with E-state index in [2.05, 4.69) is 0 Å². The predicted octanol–water partition coefficient (Wildman–Crippen LogP) is -0.222. The molecule has 26 heavy (non-hydrogen) atoms. The number of ether oxygens (including phenoxy) is 3. The molecule has 7 nitrogen and oxygen atoms in total. The van der Waals surface area contributed by atoms with Gasteiger partial charge in [0.25, 0.3) is 0 Å². The second kappa shape index (κ2) is 6.02. The summed E-state index contributed by atoms with van der Waals surface area (Å²) in [6.45, 7) is 0.856. The van der Waals surface area contributed by atoms with Crippen LogP contribution in [0.15, 0.2) is 30.4 Å². The molecule has 4 atom stereocenters. The Morgan fingerprint density at radius 2 is 2.12 bits per heavy atom. The first-order valence-electron chi connectivity index (χ1n) is 8.57. The molecular weight excluding hydrogens is 338 g/mol. The lowest BCUT2D eigenvalue weighted by atomic mass is 9.77. The van der Waals surface area contributed by atoms with Crippen molar-refractivity contribution in [2.45, 2.75) is 18.1 Å². The van der Waals surface area contributed by atoms with Gasteiger partial charge in [-0.25, -0.2) is 0 Å². The smallest absolute Gasteiger partial charge is 0.229 e. The van der Waals surface area contributed by atoms with Gasteiger partial charge in [0.15, 0.2) is 11.5 Å². The molecule has 0 unspecified atom stereocenters. The fourth-order valence-electron chi connectivity index (χ4n) is 4.34.